The van der Waals surface area contributed by atoms with Gasteiger partial charge in [0.25, 0.3) is 0 Å². The van der Waals surface area contributed by atoms with Crippen molar-refractivity contribution >= 4 is 17.5 Å². The number of carbonyl (C=O) groups excluding carboxylic acids is 1. The first-order chi connectivity index (χ1) is 8.17. The van der Waals surface area contributed by atoms with Crippen LogP contribution in [0, 0.1) is 0 Å². The molecule has 2 rings (SSSR count). The summed E-state index contributed by atoms with van der Waals surface area (Å²) in [7, 11) is 0. The van der Waals surface area contributed by atoms with Crippen LogP contribution in [-0.4, -0.2) is 41.5 Å². The van der Waals surface area contributed by atoms with Gasteiger partial charge in [-0.2, -0.15) is 0 Å². The van der Waals surface area contributed by atoms with Gasteiger partial charge >= 0.3 is 0 Å². The van der Waals surface area contributed by atoms with Crippen LogP contribution in [0.2, 0.25) is 0 Å². The Hall–Kier alpha value is -0.280. The van der Waals surface area contributed by atoms with Gasteiger partial charge in [-0.05, 0) is 38.5 Å². The van der Waals surface area contributed by atoms with Crippen molar-refractivity contribution in [3.8, 4) is 0 Å². The van der Waals surface area contributed by atoms with Gasteiger partial charge in [-0.25, -0.2) is 0 Å². The van der Waals surface area contributed by atoms with Gasteiger partial charge in [-0.15, -0.1) is 11.6 Å². The third-order valence-corrected chi connectivity index (χ3v) is 4.41. The first-order valence-corrected chi connectivity index (χ1v) is 7.17. The fourth-order valence-corrected chi connectivity index (χ4v) is 3.03. The van der Waals surface area contributed by atoms with Gasteiger partial charge in [-0.3, -0.25) is 4.79 Å². The van der Waals surface area contributed by atoms with Crippen LogP contribution in [0.5, 0.6) is 0 Å². The number of carbonyl (C=O) groups is 1. The van der Waals surface area contributed by atoms with Crippen LogP contribution in [0.3, 0.4) is 0 Å². The van der Waals surface area contributed by atoms with Crippen LogP contribution < -0.4 is 0 Å². The van der Waals surface area contributed by atoms with Crippen molar-refractivity contribution in [1.82, 2.24) is 4.90 Å². The third-order valence-electron chi connectivity index (χ3n) is 3.91. The zero-order chi connectivity index (χ0) is 12.3. The molecule has 1 spiro atoms. The van der Waals surface area contributed by atoms with E-state index in [4.69, 9.17) is 16.3 Å². The van der Waals surface area contributed by atoms with Gasteiger partial charge in [0.1, 0.15) is 5.38 Å². The number of alkyl halides is 1. The number of nitrogens with zero attached hydrogens (tertiary/aromatic N) is 1. The highest BCUT2D eigenvalue weighted by Gasteiger charge is 2.39. The van der Waals surface area contributed by atoms with E-state index < -0.39 is 0 Å². The highest BCUT2D eigenvalue weighted by Crippen LogP contribution is 2.34. The van der Waals surface area contributed by atoms with Crippen LogP contribution >= 0.6 is 11.6 Å². The van der Waals surface area contributed by atoms with Crippen molar-refractivity contribution in [2.75, 3.05) is 19.7 Å². The molecule has 0 unspecified atom stereocenters. The highest BCUT2D eigenvalue weighted by molar-refractivity contribution is 6.30. The van der Waals surface area contributed by atoms with E-state index in [2.05, 4.69) is 0 Å². The van der Waals surface area contributed by atoms with Gasteiger partial charge in [0, 0.05) is 19.7 Å². The quantitative estimate of drug-likeness (QED) is 0.714. The van der Waals surface area contributed by atoms with Crippen molar-refractivity contribution in [3.05, 3.63) is 0 Å². The molecule has 2 atom stereocenters. The highest BCUT2D eigenvalue weighted by atomic mass is 35.5. The molecule has 0 saturated carbocycles. The molecule has 2 aliphatic rings. The number of amides is 1. The Bertz CT molecular complexity index is 271. The Kier molecular flexibility index (Phi) is 4.31. The van der Waals surface area contributed by atoms with E-state index in [1.54, 1.807) is 0 Å². The number of hydrogen-bond donors (Lipinski definition) is 0. The lowest BCUT2D eigenvalue weighted by Gasteiger charge is -2.45. The average molecular weight is 260 g/mol. The van der Waals surface area contributed by atoms with Crippen LogP contribution in [0.1, 0.15) is 45.4 Å². The maximum absolute atomic E-state index is 12.1. The van der Waals surface area contributed by atoms with Gasteiger partial charge in [-0.1, -0.05) is 6.92 Å². The number of likely N-dealkylation sites (tertiary alicyclic amines) is 1. The number of piperidine rings is 1. The van der Waals surface area contributed by atoms with Crippen LogP contribution in [0.15, 0.2) is 0 Å². The topological polar surface area (TPSA) is 29.5 Å². The van der Waals surface area contributed by atoms with E-state index >= 15 is 0 Å². The van der Waals surface area contributed by atoms with Crippen molar-refractivity contribution < 1.29 is 9.53 Å². The molecule has 0 radical (unpaired) electrons. The summed E-state index contributed by atoms with van der Waals surface area (Å²) in [5, 5.41) is -0.367. The standard InChI is InChI=1S/C13H22ClNO2/c1-2-11(14)12(16)15-8-5-7-13(10-15)6-3-4-9-17-13/h11H,2-10H2,1H3/t11-,13+/m1/s1. The van der Waals surface area contributed by atoms with Crippen molar-refractivity contribution in [1.29, 1.82) is 0 Å². The van der Waals surface area contributed by atoms with Gasteiger partial charge in [0.15, 0.2) is 0 Å². The molecular formula is C13H22ClNO2. The van der Waals surface area contributed by atoms with Crippen molar-refractivity contribution in [2.24, 2.45) is 0 Å². The first kappa shape index (κ1) is 13.2. The minimum absolute atomic E-state index is 0.0590. The maximum atomic E-state index is 12.1. The maximum Gasteiger partial charge on any atom is 0.240 e. The largest absolute Gasteiger partial charge is 0.373 e. The minimum Gasteiger partial charge on any atom is -0.373 e. The van der Waals surface area contributed by atoms with Crippen molar-refractivity contribution in [3.63, 3.8) is 0 Å². The van der Waals surface area contributed by atoms with E-state index in [1.807, 2.05) is 11.8 Å². The summed E-state index contributed by atoms with van der Waals surface area (Å²) in [5.74, 6) is 0.0856. The summed E-state index contributed by atoms with van der Waals surface area (Å²) < 4.78 is 5.96. The van der Waals surface area contributed by atoms with E-state index in [0.717, 1.165) is 45.4 Å². The minimum atomic E-state index is -0.367. The number of ether oxygens (including phenoxy) is 1. The molecule has 0 N–H and O–H groups in total. The third kappa shape index (κ3) is 2.94. The van der Waals surface area contributed by atoms with Crippen LogP contribution in [0.4, 0.5) is 0 Å². The second kappa shape index (κ2) is 5.57. The summed E-state index contributed by atoms with van der Waals surface area (Å²) in [4.78, 5) is 14.0. The molecule has 3 nitrogen and oxygen atoms in total. The Morgan fingerprint density at radius 1 is 1.41 bits per heavy atom. The average Bonchev–Trinajstić information content (AvgIpc) is 2.38. The zero-order valence-electron chi connectivity index (χ0n) is 10.6. The molecule has 2 saturated heterocycles. The normalized spacial score (nSPS) is 31.5. The predicted octanol–water partition coefficient (Wildman–Crippen LogP) is 2.57. The molecule has 0 aliphatic carbocycles. The van der Waals surface area contributed by atoms with Gasteiger partial charge < -0.3 is 9.64 Å². The molecule has 1 amide bonds. The lowest BCUT2D eigenvalue weighted by molar-refractivity contribution is -0.148. The number of halogens is 1. The fourth-order valence-electron chi connectivity index (χ4n) is 2.89. The number of hydrogen-bond acceptors (Lipinski definition) is 2. The monoisotopic (exact) mass is 259 g/mol. The lowest BCUT2D eigenvalue weighted by atomic mass is 9.85. The molecule has 0 bridgehead atoms. The molecular weight excluding hydrogens is 238 g/mol. The predicted molar refractivity (Wildman–Crippen MR) is 68.3 cm³/mol. The molecule has 0 aromatic rings. The summed E-state index contributed by atoms with van der Waals surface area (Å²) in [6, 6.07) is 0. The Morgan fingerprint density at radius 3 is 2.82 bits per heavy atom. The summed E-state index contributed by atoms with van der Waals surface area (Å²) in [5.41, 5.74) is -0.0590. The number of rotatable bonds is 2. The molecule has 2 fully saturated rings. The van der Waals surface area contributed by atoms with E-state index in [1.165, 1.54) is 6.42 Å². The van der Waals surface area contributed by atoms with Crippen molar-refractivity contribution in [2.45, 2.75) is 56.4 Å². The van der Waals surface area contributed by atoms with Crippen LogP contribution in [0.25, 0.3) is 0 Å². The molecule has 0 aromatic carbocycles. The van der Waals surface area contributed by atoms with Gasteiger partial charge in [0.05, 0.1) is 5.60 Å². The molecule has 4 heteroatoms. The molecule has 2 heterocycles. The lowest BCUT2D eigenvalue weighted by Crippen LogP contribution is -2.54. The summed E-state index contributed by atoms with van der Waals surface area (Å²) in [6.45, 7) is 4.38. The summed E-state index contributed by atoms with van der Waals surface area (Å²) in [6.07, 6.45) is 6.30. The molecule has 0 aromatic heterocycles. The SMILES string of the molecule is CC[C@@H](Cl)C(=O)N1CCC[C@@]2(CCCCO2)C1. The second-order valence-corrected chi connectivity index (χ2v) is 5.75. The second-order valence-electron chi connectivity index (χ2n) is 5.23. The van der Waals surface area contributed by atoms with E-state index in [0.29, 0.717) is 6.42 Å². The summed E-state index contributed by atoms with van der Waals surface area (Å²) >= 11 is 6.04. The van der Waals surface area contributed by atoms with E-state index in [-0.39, 0.29) is 16.9 Å². The first-order valence-electron chi connectivity index (χ1n) is 6.74. The Balaban J connectivity index is 1.98. The molecule has 98 valence electrons. The van der Waals surface area contributed by atoms with E-state index in [9.17, 15) is 4.79 Å². The van der Waals surface area contributed by atoms with Gasteiger partial charge in [0.2, 0.25) is 5.91 Å². The Labute approximate surface area is 108 Å². The van der Waals surface area contributed by atoms with Crippen LogP contribution in [-0.2, 0) is 9.53 Å². The fraction of sp³-hybridized carbons (Fsp3) is 0.923. The Morgan fingerprint density at radius 2 is 2.18 bits per heavy atom. The molecule has 2 aliphatic heterocycles. The zero-order valence-corrected chi connectivity index (χ0v) is 11.3. The molecule has 17 heavy (non-hydrogen) atoms. The smallest absolute Gasteiger partial charge is 0.240 e.